The van der Waals surface area contributed by atoms with Crippen molar-refractivity contribution in [2.24, 2.45) is 0 Å². The number of aromatic nitrogens is 4. The van der Waals surface area contributed by atoms with Gasteiger partial charge in [-0.1, -0.05) is 49.0 Å². The lowest BCUT2D eigenvalue weighted by Gasteiger charge is -2.32. The van der Waals surface area contributed by atoms with Crippen molar-refractivity contribution in [1.82, 2.24) is 29.1 Å². The molecule has 0 saturated carbocycles. The third-order valence-electron chi connectivity index (χ3n) is 7.62. The summed E-state index contributed by atoms with van der Waals surface area (Å²) in [6.45, 7) is 7.49. The van der Waals surface area contributed by atoms with Gasteiger partial charge in [0.1, 0.15) is 11.3 Å². The number of piperidine rings is 1. The van der Waals surface area contributed by atoms with Gasteiger partial charge in [0.05, 0.1) is 11.3 Å². The van der Waals surface area contributed by atoms with Gasteiger partial charge in [0.2, 0.25) is 10.0 Å². The van der Waals surface area contributed by atoms with Crippen molar-refractivity contribution in [2.45, 2.75) is 32.4 Å². The Kier molecular flexibility index (Phi) is 7.59. The number of nitrogen functional groups attached to an aromatic ring is 1. The minimum Gasteiger partial charge on any atom is -0.383 e. The Balaban J connectivity index is 1.28. The van der Waals surface area contributed by atoms with Crippen LogP contribution in [0.2, 0.25) is 0 Å². The number of hydrogen-bond donors (Lipinski definition) is 2. The van der Waals surface area contributed by atoms with Gasteiger partial charge in [-0.3, -0.25) is 9.47 Å². The molecule has 5 aromatic rings. The standard InChI is InChI=1S/C32H33N7O2S/c1-22(2)42(40,41)37-25-16-19-38(20-17-25)21-23-10-12-26(13-11-23)39-31(27-9-6-18-34-30(27)33)36-29-15-14-28(35-32(29)39)24-7-4-3-5-8-24/h3-15,18,25,37H,1,16-17,19-21H2,2H3,(H2,33,34). The van der Waals surface area contributed by atoms with E-state index in [0.29, 0.717) is 11.6 Å². The second-order valence-corrected chi connectivity index (χ2v) is 12.6. The molecule has 6 rings (SSSR count). The molecule has 0 aliphatic carbocycles. The number of nitrogens with one attached hydrogen (secondary N) is 1. The number of benzene rings is 2. The van der Waals surface area contributed by atoms with E-state index in [4.69, 9.17) is 15.7 Å². The summed E-state index contributed by atoms with van der Waals surface area (Å²) in [5.41, 5.74) is 12.5. The van der Waals surface area contributed by atoms with Gasteiger partial charge in [-0.15, -0.1) is 0 Å². The highest BCUT2D eigenvalue weighted by Crippen LogP contribution is 2.32. The zero-order valence-corrected chi connectivity index (χ0v) is 24.3. The van der Waals surface area contributed by atoms with Gasteiger partial charge in [-0.05, 0) is 61.7 Å². The van der Waals surface area contributed by atoms with Gasteiger partial charge < -0.3 is 5.73 Å². The number of imidazole rings is 1. The minimum atomic E-state index is -3.45. The molecule has 9 nitrogen and oxygen atoms in total. The number of rotatable bonds is 8. The van der Waals surface area contributed by atoms with Gasteiger partial charge in [-0.2, -0.15) is 0 Å². The Hall–Kier alpha value is -4.38. The molecule has 3 N–H and O–H groups in total. The molecular formula is C32H33N7O2S. The first-order chi connectivity index (χ1) is 20.3. The van der Waals surface area contributed by atoms with E-state index in [0.717, 1.165) is 66.1 Å². The lowest BCUT2D eigenvalue weighted by molar-refractivity contribution is 0.200. The van der Waals surface area contributed by atoms with Crippen LogP contribution in [0.3, 0.4) is 0 Å². The molecule has 0 atom stereocenters. The zero-order chi connectivity index (χ0) is 29.3. The smallest absolute Gasteiger partial charge is 0.236 e. The van der Waals surface area contributed by atoms with E-state index in [1.54, 1.807) is 6.20 Å². The fourth-order valence-electron chi connectivity index (χ4n) is 5.30. The molecule has 1 fully saturated rings. The maximum absolute atomic E-state index is 12.2. The summed E-state index contributed by atoms with van der Waals surface area (Å²) in [7, 11) is -3.45. The molecule has 1 aliphatic rings. The van der Waals surface area contributed by atoms with Crippen molar-refractivity contribution in [1.29, 1.82) is 0 Å². The Morgan fingerprint density at radius 3 is 2.40 bits per heavy atom. The average Bonchev–Trinajstić information content (AvgIpc) is 3.37. The number of nitrogens with zero attached hydrogens (tertiary/aromatic N) is 5. The molecule has 0 spiro atoms. The molecule has 0 amide bonds. The molecule has 1 aliphatic heterocycles. The molecule has 1 saturated heterocycles. The number of likely N-dealkylation sites (tertiary alicyclic amines) is 1. The molecule has 10 heteroatoms. The fourth-order valence-corrected chi connectivity index (χ4v) is 6.17. The van der Waals surface area contributed by atoms with Crippen LogP contribution in [0, 0.1) is 0 Å². The Morgan fingerprint density at radius 1 is 0.976 bits per heavy atom. The van der Waals surface area contributed by atoms with Crippen LogP contribution >= 0.6 is 0 Å². The molecule has 0 bridgehead atoms. The van der Waals surface area contributed by atoms with Crippen molar-refractivity contribution in [3.05, 3.63) is 102 Å². The van der Waals surface area contributed by atoms with Crippen LogP contribution in [-0.2, 0) is 16.6 Å². The molecule has 214 valence electrons. The first kappa shape index (κ1) is 27.8. The molecule has 42 heavy (non-hydrogen) atoms. The number of fused-ring (bicyclic) bond motifs is 1. The number of sulfonamides is 1. The van der Waals surface area contributed by atoms with Crippen LogP contribution in [0.1, 0.15) is 25.3 Å². The van der Waals surface area contributed by atoms with Gasteiger partial charge >= 0.3 is 0 Å². The highest BCUT2D eigenvalue weighted by Gasteiger charge is 2.24. The van der Waals surface area contributed by atoms with E-state index in [9.17, 15) is 8.42 Å². The molecule has 0 unspecified atom stereocenters. The Labute approximate surface area is 245 Å². The van der Waals surface area contributed by atoms with Gasteiger partial charge in [0.25, 0.3) is 0 Å². The summed E-state index contributed by atoms with van der Waals surface area (Å²) in [4.78, 5) is 16.8. The Bertz CT molecular complexity index is 1840. The number of anilines is 1. The normalized spacial score (nSPS) is 14.8. The van der Waals surface area contributed by atoms with E-state index in [-0.39, 0.29) is 10.9 Å². The third kappa shape index (κ3) is 5.69. The van der Waals surface area contributed by atoms with E-state index in [1.807, 2.05) is 59.2 Å². The molecule has 4 heterocycles. The van der Waals surface area contributed by atoms with E-state index < -0.39 is 10.0 Å². The first-order valence-electron chi connectivity index (χ1n) is 13.9. The van der Waals surface area contributed by atoms with Crippen molar-refractivity contribution < 1.29 is 8.42 Å². The van der Waals surface area contributed by atoms with Crippen LogP contribution < -0.4 is 10.5 Å². The maximum Gasteiger partial charge on any atom is 0.236 e. The van der Waals surface area contributed by atoms with Crippen LogP contribution in [0.5, 0.6) is 0 Å². The molecular weight excluding hydrogens is 546 g/mol. The van der Waals surface area contributed by atoms with E-state index >= 15 is 0 Å². The number of hydrogen-bond acceptors (Lipinski definition) is 7. The quantitative estimate of drug-likeness (QED) is 0.261. The van der Waals surface area contributed by atoms with Crippen LogP contribution in [0.4, 0.5) is 5.82 Å². The van der Waals surface area contributed by atoms with Gasteiger partial charge in [-0.25, -0.2) is 28.1 Å². The van der Waals surface area contributed by atoms with Crippen molar-refractivity contribution in [2.75, 3.05) is 18.8 Å². The molecule has 2 aromatic carbocycles. The maximum atomic E-state index is 12.2. The zero-order valence-electron chi connectivity index (χ0n) is 23.4. The average molecular weight is 580 g/mol. The third-order valence-corrected chi connectivity index (χ3v) is 9.18. The number of nitrogens with two attached hydrogens (primary N) is 1. The number of pyridine rings is 2. The second kappa shape index (κ2) is 11.5. The van der Waals surface area contributed by atoms with Crippen molar-refractivity contribution in [3.63, 3.8) is 0 Å². The summed E-state index contributed by atoms with van der Waals surface area (Å²) >= 11 is 0. The lowest BCUT2D eigenvalue weighted by Crippen LogP contribution is -2.44. The fraction of sp³-hybridized carbons (Fsp3) is 0.219. The minimum absolute atomic E-state index is 0.0635. The van der Waals surface area contributed by atoms with Gasteiger partial charge in [0.15, 0.2) is 11.5 Å². The summed E-state index contributed by atoms with van der Waals surface area (Å²) in [5.74, 6) is 1.09. The Morgan fingerprint density at radius 2 is 1.71 bits per heavy atom. The predicted octanol–water partition coefficient (Wildman–Crippen LogP) is 5.15. The van der Waals surface area contributed by atoms with Crippen LogP contribution in [0.25, 0.3) is 39.5 Å². The first-order valence-corrected chi connectivity index (χ1v) is 15.4. The summed E-state index contributed by atoms with van der Waals surface area (Å²) in [6, 6.07) is 26.2. The lowest BCUT2D eigenvalue weighted by atomic mass is 10.1. The van der Waals surface area contributed by atoms with Gasteiger partial charge in [0, 0.05) is 48.0 Å². The van der Waals surface area contributed by atoms with E-state index in [1.165, 1.54) is 12.5 Å². The molecule has 3 aromatic heterocycles. The van der Waals surface area contributed by atoms with E-state index in [2.05, 4.69) is 45.5 Å². The summed E-state index contributed by atoms with van der Waals surface area (Å²) in [6.07, 6.45) is 3.19. The summed E-state index contributed by atoms with van der Waals surface area (Å²) in [5, 5.41) is 0. The predicted molar refractivity (Wildman–Crippen MR) is 167 cm³/mol. The highest BCUT2D eigenvalue weighted by molar-refractivity contribution is 7.93. The summed E-state index contributed by atoms with van der Waals surface area (Å²) < 4.78 is 29.1. The SMILES string of the molecule is C=C(C)S(=O)(=O)NC1CCN(Cc2ccc(-n3c(-c4cccnc4N)nc4ccc(-c5ccccc5)nc43)cc2)CC1. The molecule has 0 radical (unpaired) electrons. The van der Waals surface area contributed by atoms with Crippen molar-refractivity contribution >= 4 is 27.0 Å². The van der Waals surface area contributed by atoms with Crippen LogP contribution in [0.15, 0.2) is 96.5 Å². The van der Waals surface area contributed by atoms with Crippen LogP contribution in [-0.4, -0.2) is 52.0 Å². The largest absolute Gasteiger partial charge is 0.383 e. The monoisotopic (exact) mass is 579 g/mol. The van der Waals surface area contributed by atoms with Crippen molar-refractivity contribution in [3.8, 4) is 28.3 Å². The topological polar surface area (TPSA) is 119 Å². The second-order valence-electron chi connectivity index (χ2n) is 10.7. The highest BCUT2D eigenvalue weighted by atomic mass is 32.2. The number of allylic oxidation sites excluding steroid dienone is 1.